The van der Waals surface area contributed by atoms with Crippen LogP contribution in [0.5, 0.6) is 0 Å². The summed E-state index contributed by atoms with van der Waals surface area (Å²) >= 11 is 0. The highest BCUT2D eigenvalue weighted by atomic mass is 16.5. The third-order valence-electron chi connectivity index (χ3n) is 26.7. The second kappa shape index (κ2) is 21.0. The van der Waals surface area contributed by atoms with Crippen molar-refractivity contribution in [1.29, 1.82) is 10.5 Å². The Kier molecular flexibility index (Phi) is 16.2. The number of nitriles is 2. The first-order valence-corrected chi connectivity index (χ1v) is 30.0. The minimum absolute atomic E-state index is 0. The molecule has 12 aliphatic rings. The van der Waals surface area contributed by atoms with E-state index < -0.39 is 6.10 Å². The second-order valence-corrected chi connectivity index (χ2v) is 29.3. The molecule has 12 nitrogen and oxygen atoms in total. The molecule has 12 heteroatoms. The van der Waals surface area contributed by atoms with Crippen molar-refractivity contribution in [3.8, 4) is 12.1 Å². The number of fused-ring (bicyclic) bond motifs is 15. The van der Waals surface area contributed by atoms with E-state index in [4.69, 9.17) is 14.2 Å². The molecule has 0 bridgehead atoms. The summed E-state index contributed by atoms with van der Waals surface area (Å²) in [5.74, 6) is 5.81. The molecule has 0 amide bonds. The zero-order chi connectivity index (χ0) is 53.2. The van der Waals surface area contributed by atoms with Crippen molar-refractivity contribution in [2.24, 2.45) is 115 Å². The SMILES string of the molecule is C.CO[C@H]1C[C@@]2(C)[C@@H](CC[C@@H]3[C@@H]2[C@@H](O)C[C@]2(C)C(=O)CC[C@@H]32)C[C@@H]1O.CO[C@H]1C[C@@]2(C)[C@@H](CC[C@@H]3[C@@H]2[C@@H](O)C[C@]2(C)[C@@H](C#N)CC[C@@H]32)C[C@@H]1O.CO[C@H]1C[C@@]2(C)[C@@H](CC[C@@H]3[C@@H]2[C@@H](O)C[C@]2(C)[C@H](C#N)CC[C@@H]32)C[C@@H]1O. The van der Waals surface area contributed by atoms with E-state index in [1.54, 1.807) is 21.3 Å². The van der Waals surface area contributed by atoms with Gasteiger partial charge in [0.1, 0.15) is 5.78 Å². The average molecular weight is 1050 g/mol. The lowest BCUT2D eigenvalue weighted by Crippen LogP contribution is -2.61. The molecular formula is C63H102N2O10. The van der Waals surface area contributed by atoms with Gasteiger partial charge in [0.15, 0.2) is 0 Å². The van der Waals surface area contributed by atoms with Gasteiger partial charge in [0.25, 0.3) is 0 Å². The summed E-state index contributed by atoms with van der Waals surface area (Å²) in [5, 5.41) is 84.0. The number of hydrogen-bond acceptors (Lipinski definition) is 12. The Labute approximate surface area is 451 Å². The van der Waals surface area contributed by atoms with Gasteiger partial charge in [-0.2, -0.15) is 10.5 Å². The maximum absolute atomic E-state index is 12.5. The highest BCUT2D eigenvalue weighted by Gasteiger charge is 2.67. The Morgan fingerprint density at radius 2 is 0.760 bits per heavy atom. The Balaban J connectivity index is 0.000000137. The minimum atomic E-state index is -0.404. The van der Waals surface area contributed by atoms with Crippen LogP contribution in [0, 0.1) is 138 Å². The quantitative estimate of drug-likeness (QED) is 0.156. The van der Waals surface area contributed by atoms with Gasteiger partial charge in [-0.3, -0.25) is 4.79 Å². The van der Waals surface area contributed by atoms with Crippen molar-refractivity contribution in [2.75, 3.05) is 21.3 Å². The van der Waals surface area contributed by atoms with Gasteiger partial charge in [-0.05, 0) is 227 Å². The highest BCUT2D eigenvalue weighted by Crippen LogP contribution is 2.70. The zero-order valence-corrected chi connectivity index (χ0v) is 46.8. The van der Waals surface area contributed by atoms with Gasteiger partial charge in [-0.25, -0.2) is 0 Å². The van der Waals surface area contributed by atoms with E-state index in [0.717, 1.165) is 122 Å². The zero-order valence-electron chi connectivity index (χ0n) is 46.8. The molecule has 0 spiro atoms. The molecule has 12 rings (SSSR count). The predicted octanol–water partition coefficient (Wildman–Crippen LogP) is 9.44. The molecule has 29 atom stereocenters. The summed E-state index contributed by atoms with van der Waals surface area (Å²) in [6.07, 6.45) is 17.2. The molecule has 0 saturated heterocycles. The number of ketones is 1. The fourth-order valence-corrected chi connectivity index (χ4v) is 23.1. The van der Waals surface area contributed by atoms with Crippen LogP contribution in [-0.4, -0.2) is 113 Å². The Hall–Kier alpha value is -1.71. The smallest absolute Gasteiger partial charge is 0.139 e. The molecule has 6 N–H and O–H groups in total. The van der Waals surface area contributed by atoms with Crippen LogP contribution >= 0.6 is 0 Å². The topological polar surface area (TPSA) is 214 Å². The van der Waals surface area contributed by atoms with Gasteiger partial charge in [-0.1, -0.05) is 49.0 Å². The molecule has 0 radical (unpaired) electrons. The van der Waals surface area contributed by atoms with E-state index >= 15 is 0 Å². The molecule has 12 saturated carbocycles. The van der Waals surface area contributed by atoms with Gasteiger partial charge in [0, 0.05) is 33.2 Å². The maximum Gasteiger partial charge on any atom is 0.139 e. The van der Waals surface area contributed by atoms with Gasteiger partial charge in [-0.15, -0.1) is 0 Å². The fourth-order valence-electron chi connectivity index (χ4n) is 23.1. The van der Waals surface area contributed by atoms with Crippen LogP contribution < -0.4 is 0 Å². The van der Waals surface area contributed by atoms with Crippen molar-refractivity contribution in [3.63, 3.8) is 0 Å². The molecule has 0 unspecified atom stereocenters. The fraction of sp³-hybridized carbons (Fsp3) is 0.952. The van der Waals surface area contributed by atoms with E-state index in [0.29, 0.717) is 71.9 Å². The maximum atomic E-state index is 12.5. The second-order valence-electron chi connectivity index (χ2n) is 29.3. The van der Waals surface area contributed by atoms with Gasteiger partial charge < -0.3 is 44.8 Å². The van der Waals surface area contributed by atoms with E-state index in [-0.39, 0.29) is 118 Å². The summed E-state index contributed by atoms with van der Waals surface area (Å²) < 4.78 is 16.8. The largest absolute Gasteiger partial charge is 0.393 e. The molecule has 0 aromatic heterocycles. The van der Waals surface area contributed by atoms with Crippen molar-refractivity contribution < 1.29 is 49.6 Å². The predicted molar refractivity (Wildman–Crippen MR) is 286 cm³/mol. The van der Waals surface area contributed by atoms with Crippen LogP contribution in [0.1, 0.15) is 184 Å². The molecule has 75 heavy (non-hydrogen) atoms. The van der Waals surface area contributed by atoms with E-state index in [2.05, 4.69) is 53.7 Å². The van der Waals surface area contributed by atoms with E-state index in [1.807, 2.05) is 0 Å². The van der Waals surface area contributed by atoms with Gasteiger partial charge >= 0.3 is 0 Å². The van der Waals surface area contributed by atoms with Crippen LogP contribution in [0.15, 0.2) is 0 Å². The van der Waals surface area contributed by atoms with Crippen LogP contribution in [-0.2, 0) is 19.0 Å². The van der Waals surface area contributed by atoms with Crippen LogP contribution in [0.4, 0.5) is 0 Å². The van der Waals surface area contributed by atoms with Crippen molar-refractivity contribution >= 4 is 5.78 Å². The third-order valence-corrected chi connectivity index (χ3v) is 26.7. The number of carbonyl (C=O) groups is 1. The van der Waals surface area contributed by atoms with Crippen LogP contribution in [0.2, 0.25) is 0 Å². The van der Waals surface area contributed by atoms with E-state index in [9.17, 15) is 46.0 Å². The lowest BCUT2D eigenvalue weighted by Gasteiger charge is -2.62. The molecule has 0 heterocycles. The number of rotatable bonds is 3. The third kappa shape index (κ3) is 8.90. The molecule has 12 fully saturated rings. The van der Waals surface area contributed by atoms with Crippen molar-refractivity contribution in [2.45, 2.75) is 239 Å². The summed E-state index contributed by atoms with van der Waals surface area (Å²) in [5.41, 5.74) is -0.267. The van der Waals surface area contributed by atoms with Crippen molar-refractivity contribution in [1.82, 2.24) is 0 Å². The first-order chi connectivity index (χ1) is 35.0. The Morgan fingerprint density at radius 3 is 1.09 bits per heavy atom. The lowest BCUT2D eigenvalue weighted by molar-refractivity contribution is -0.198. The number of Topliss-reactive ketones (excluding diaryl/α,β-unsaturated/α-hetero) is 1. The first-order valence-electron chi connectivity index (χ1n) is 30.0. The molecule has 0 aromatic carbocycles. The Bertz CT molecular complexity index is 2050. The van der Waals surface area contributed by atoms with Crippen LogP contribution in [0.3, 0.4) is 0 Å². The number of ether oxygens (including phenoxy) is 3. The Morgan fingerprint density at radius 1 is 0.427 bits per heavy atom. The summed E-state index contributed by atoms with van der Waals surface area (Å²) in [6, 6.07) is 5.09. The van der Waals surface area contributed by atoms with E-state index in [1.165, 1.54) is 0 Å². The number of aliphatic hydroxyl groups is 6. The summed E-state index contributed by atoms with van der Waals surface area (Å²) in [7, 11) is 5.07. The molecule has 424 valence electrons. The molecule has 0 aliphatic heterocycles. The van der Waals surface area contributed by atoms with Gasteiger partial charge in [0.05, 0.1) is 78.9 Å². The minimum Gasteiger partial charge on any atom is -0.393 e. The number of hydrogen-bond donors (Lipinski definition) is 6. The molecule has 12 aliphatic carbocycles. The highest BCUT2D eigenvalue weighted by molar-refractivity contribution is 5.87. The van der Waals surface area contributed by atoms with Crippen LogP contribution in [0.25, 0.3) is 0 Å². The first kappa shape index (κ1) is 58.0. The number of nitrogens with zero attached hydrogens (tertiary/aromatic N) is 2. The molecular weight excluding hydrogens is 945 g/mol. The number of aliphatic hydroxyl groups excluding tert-OH is 6. The molecule has 0 aromatic rings. The number of carbonyl (C=O) groups excluding carboxylic acids is 1. The van der Waals surface area contributed by atoms with Crippen molar-refractivity contribution in [3.05, 3.63) is 0 Å². The monoisotopic (exact) mass is 1050 g/mol. The van der Waals surface area contributed by atoms with Gasteiger partial charge in [0.2, 0.25) is 0 Å². The standard InChI is InChI=1S/2C21H33NO3.C20H32O4.CH4/c2*1-20-9-17(24)19-14(15(20)7-5-13(20)11-22)6-4-12-8-16(23)18(25-3)10-21(12,19)2;1-19-10-16(24-3)14(21)8-11(19)4-5-12-13-6-7-17(23)20(13,2)9-15(22)18(12)19;/h2*12-19,23-24H,4-10H2,1-3H3;11-16,18,21-22H,4-10H2,1-3H3;1H4/t12-,13+,14-,15-,16-,17-,18-,19+,20+,21-;12-,13-,14-,15-,16-,17-,18-,19+,20+,21-;11-,12-,13-,14-,15-,16-,18+,19-,20-;/m000./s1. The normalized spacial score (nSPS) is 56.9. The average Bonchev–Trinajstić information content (AvgIpc) is 4.03. The summed E-state index contributed by atoms with van der Waals surface area (Å²) in [6.45, 7) is 13.6. The number of methoxy groups -OCH3 is 3. The summed E-state index contributed by atoms with van der Waals surface area (Å²) in [4.78, 5) is 12.5. The lowest BCUT2D eigenvalue weighted by atomic mass is 9.43.